The molecule has 0 bridgehead atoms. The van der Waals surface area contributed by atoms with E-state index in [0.717, 1.165) is 24.3 Å². The number of hydrogen-bond acceptors (Lipinski definition) is 3. The molecule has 3 nitrogen and oxygen atoms in total. The lowest BCUT2D eigenvalue weighted by Gasteiger charge is -2.09. The molecule has 2 aromatic carbocycles. The molecule has 20 heavy (non-hydrogen) atoms. The number of anilines is 1. The lowest BCUT2D eigenvalue weighted by molar-refractivity contribution is 0.202. The third-order valence-corrected chi connectivity index (χ3v) is 3.25. The predicted molar refractivity (Wildman–Crippen MR) is 82.2 cm³/mol. The number of hydrogen-bond donors (Lipinski definition) is 1. The predicted octanol–water partition coefficient (Wildman–Crippen LogP) is 3.69. The molecule has 0 aromatic heterocycles. The molecule has 0 saturated heterocycles. The Balaban J connectivity index is 1.95. The van der Waals surface area contributed by atoms with Gasteiger partial charge < -0.3 is 15.2 Å². The molecule has 0 unspecified atom stereocenters. The van der Waals surface area contributed by atoms with Crippen molar-refractivity contribution in [2.45, 2.75) is 13.0 Å². The highest BCUT2D eigenvalue weighted by Gasteiger charge is 2.02. The Kier molecular flexibility index (Phi) is 5.27. The normalized spacial score (nSPS) is 10.5. The van der Waals surface area contributed by atoms with Gasteiger partial charge in [-0.25, -0.2) is 0 Å². The van der Waals surface area contributed by atoms with E-state index < -0.39 is 0 Å². The number of halogens is 1. The van der Waals surface area contributed by atoms with Crippen LogP contribution in [0.5, 0.6) is 5.75 Å². The molecule has 0 spiro atoms. The third-order valence-electron chi connectivity index (χ3n) is 3.02. The highest BCUT2D eigenvalue weighted by atomic mass is 35.5. The molecule has 2 rings (SSSR count). The molecule has 0 radical (unpaired) electrons. The van der Waals surface area contributed by atoms with E-state index in [1.54, 1.807) is 19.2 Å². The van der Waals surface area contributed by atoms with Gasteiger partial charge in [-0.1, -0.05) is 23.7 Å². The van der Waals surface area contributed by atoms with Gasteiger partial charge >= 0.3 is 0 Å². The van der Waals surface area contributed by atoms with Gasteiger partial charge in [0.2, 0.25) is 0 Å². The number of methoxy groups -OCH3 is 1. The molecule has 0 amide bonds. The Morgan fingerprint density at radius 2 is 1.85 bits per heavy atom. The van der Waals surface area contributed by atoms with E-state index in [1.807, 2.05) is 30.3 Å². The summed E-state index contributed by atoms with van der Waals surface area (Å²) in [7, 11) is 1.70. The summed E-state index contributed by atoms with van der Waals surface area (Å²) >= 11 is 5.94. The summed E-state index contributed by atoms with van der Waals surface area (Å²) in [6.07, 6.45) is 0.901. The van der Waals surface area contributed by atoms with Crippen LogP contribution in [-0.4, -0.2) is 13.7 Å². The Hall–Kier alpha value is -1.71. The summed E-state index contributed by atoms with van der Waals surface area (Å²) in [5, 5.41) is 0.660. The summed E-state index contributed by atoms with van der Waals surface area (Å²) in [6.45, 7) is 1.13. The Morgan fingerprint density at radius 3 is 2.55 bits per heavy atom. The number of benzene rings is 2. The second kappa shape index (κ2) is 7.17. The fourth-order valence-electron chi connectivity index (χ4n) is 1.83. The average Bonchev–Trinajstić information content (AvgIpc) is 2.47. The van der Waals surface area contributed by atoms with Crippen LogP contribution in [0.15, 0.2) is 42.5 Å². The molecule has 0 atom stereocenters. The zero-order chi connectivity index (χ0) is 14.4. The summed E-state index contributed by atoms with van der Waals surface area (Å²) in [5.74, 6) is 0.811. The van der Waals surface area contributed by atoms with Crippen molar-refractivity contribution in [3.63, 3.8) is 0 Å². The zero-order valence-corrected chi connectivity index (χ0v) is 12.2. The minimum Gasteiger partial charge on any atom is -0.489 e. The zero-order valence-electron chi connectivity index (χ0n) is 11.4. The standard InChI is InChI=1S/C16H18ClNO2/c1-19-9-8-12-2-5-15(6-3-12)20-11-13-10-14(17)4-7-16(13)18/h2-7,10H,8-9,11,18H2,1H3. The van der Waals surface area contributed by atoms with Gasteiger partial charge in [-0.05, 0) is 42.3 Å². The fourth-order valence-corrected chi connectivity index (χ4v) is 2.03. The maximum Gasteiger partial charge on any atom is 0.119 e. The van der Waals surface area contributed by atoms with Gasteiger partial charge in [0.1, 0.15) is 12.4 Å². The summed E-state index contributed by atoms with van der Waals surface area (Å²) in [5.41, 5.74) is 8.68. The molecule has 0 aliphatic carbocycles. The highest BCUT2D eigenvalue weighted by Crippen LogP contribution is 2.20. The highest BCUT2D eigenvalue weighted by molar-refractivity contribution is 6.30. The summed E-state index contributed by atoms with van der Waals surface area (Å²) in [6, 6.07) is 13.4. The van der Waals surface area contributed by atoms with E-state index in [9.17, 15) is 0 Å². The number of nitrogens with two attached hydrogens (primary N) is 1. The molecular weight excluding hydrogens is 274 g/mol. The van der Waals surface area contributed by atoms with Gasteiger partial charge in [0.15, 0.2) is 0 Å². The van der Waals surface area contributed by atoms with E-state index in [-0.39, 0.29) is 0 Å². The van der Waals surface area contributed by atoms with Crippen molar-refractivity contribution < 1.29 is 9.47 Å². The maximum absolute atomic E-state index is 5.94. The van der Waals surface area contributed by atoms with E-state index in [0.29, 0.717) is 17.3 Å². The second-order valence-corrected chi connectivity index (χ2v) is 4.95. The molecule has 2 N–H and O–H groups in total. The molecule has 2 aromatic rings. The van der Waals surface area contributed by atoms with Crippen molar-refractivity contribution in [2.24, 2.45) is 0 Å². The summed E-state index contributed by atoms with van der Waals surface area (Å²) in [4.78, 5) is 0. The smallest absolute Gasteiger partial charge is 0.119 e. The molecule has 4 heteroatoms. The first kappa shape index (κ1) is 14.7. The second-order valence-electron chi connectivity index (χ2n) is 4.52. The van der Waals surface area contributed by atoms with Gasteiger partial charge in [-0.2, -0.15) is 0 Å². The quantitative estimate of drug-likeness (QED) is 0.826. The van der Waals surface area contributed by atoms with Gasteiger partial charge in [-0.3, -0.25) is 0 Å². The van der Waals surface area contributed by atoms with Crippen LogP contribution >= 0.6 is 11.6 Å². The van der Waals surface area contributed by atoms with Crippen molar-refractivity contribution in [1.29, 1.82) is 0 Å². The van der Waals surface area contributed by atoms with E-state index in [4.69, 9.17) is 26.8 Å². The lowest BCUT2D eigenvalue weighted by Crippen LogP contribution is -2.00. The summed E-state index contributed by atoms with van der Waals surface area (Å²) < 4.78 is 10.8. The van der Waals surface area contributed by atoms with Crippen LogP contribution in [-0.2, 0) is 17.8 Å². The van der Waals surface area contributed by atoms with E-state index in [1.165, 1.54) is 5.56 Å². The van der Waals surface area contributed by atoms with Crippen LogP contribution in [0, 0.1) is 0 Å². The van der Waals surface area contributed by atoms with Crippen molar-refractivity contribution in [3.05, 3.63) is 58.6 Å². The molecule has 0 aliphatic rings. The van der Waals surface area contributed by atoms with Crippen LogP contribution in [0.4, 0.5) is 5.69 Å². The van der Waals surface area contributed by atoms with Crippen molar-refractivity contribution >= 4 is 17.3 Å². The number of rotatable bonds is 6. The Morgan fingerprint density at radius 1 is 1.10 bits per heavy atom. The minimum atomic E-state index is 0.407. The van der Waals surface area contributed by atoms with Gasteiger partial charge in [-0.15, -0.1) is 0 Å². The molecule has 106 valence electrons. The molecule has 0 heterocycles. The molecule has 0 aliphatic heterocycles. The molecular formula is C16H18ClNO2. The first-order valence-electron chi connectivity index (χ1n) is 6.43. The lowest BCUT2D eigenvalue weighted by atomic mass is 10.1. The van der Waals surface area contributed by atoms with Gasteiger partial charge in [0, 0.05) is 23.4 Å². The minimum absolute atomic E-state index is 0.407. The monoisotopic (exact) mass is 291 g/mol. The number of ether oxygens (including phenoxy) is 2. The first-order chi connectivity index (χ1) is 9.69. The number of nitrogen functional groups attached to an aromatic ring is 1. The fraction of sp³-hybridized carbons (Fsp3) is 0.250. The van der Waals surface area contributed by atoms with E-state index in [2.05, 4.69) is 0 Å². The van der Waals surface area contributed by atoms with Crippen LogP contribution in [0.2, 0.25) is 5.02 Å². The van der Waals surface area contributed by atoms with Gasteiger partial charge in [0.25, 0.3) is 0 Å². The van der Waals surface area contributed by atoms with E-state index >= 15 is 0 Å². The van der Waals surface area contributed by atoms with Crippen molar-refractivity contribution in [1.82, 2.24) is 0 Å². The molecule has 0 fully saturated rings. The largest absolute Gasteiger partial charge is 0.489 e. The Bertz CT molecular complexity index is 555. The third kappa shape index (κ3) is 4.15. The van der Waals surface area contributed by atoms with Crippen LogP contribution in [0.25, 0.3) is 0 Å². The first-order valence-corrected chi connectivity index (χ1v) is 6.81. The SMILES string of the molecule is COCCc1ccc(OCc2cc(Cl)ccc2N)cc1. The maximum atomic E-state index is 5.94. The van der Waals surface area contributed by atoms with Crippen LogP contribution in [0.3, 0.4) is 0 Å². The Labute approximate surface area is 124 Å². The molecule has 0 saturated carbocycles. The van der Waals surface area contributed by atoms with Crippen molar-refractivity contribution in [2.75, 3.05) is 19.5 Å². The topological polar surface area (TPSA) is 44.5 Å². The van der Waals surface area contributed by atoms with Gasteiger partial charge in [0.05, 0.1) is 6.61 Å². The van der Waals surface area contributed by atoms with Crippen LogP contribution in [0.1, 0.15) is 11.1 Å². The van der Waals surface area contributed by atoms with Crippen LogP contribution < -0.4 is 10.5 Å². The average molecular weight is 292 g/mol. The van der Waals surface area contributed by atoms with Crippen molar-refractivity contribution in [3.8, 4) is 5.75 Å².